The fourth-order valence-corrected chi connectivity index (χ4v) is 2.67. The first-order valence-electron chi connectivity index (χ1n) is 7.04. The maximum atomic E-state index is 13.9. The number of ether oxygens (including phenoxy) is 1. The zero-order valence-electron chi connectivity index (χ0n) is 12.3. The predicted octanol–water partition coefficient (Wildman–Crippen LogP) is 2.75. The molecule has 1 N–H and O–H groups in total. The largest absolute Gasteiger partial charge is 0.494 e. The van der Waals surface area contributed by atoms with Crippen LogP contribution in [-0.2, 0) is 0 Å². The van der Waals surface area contributed by atoms with Crippen LogP contribution >= 0.6 is 0 Å². The number of hydrogen-bond acceptors (Lipinski definition) is 3. The third-order valence-corrected chi connectivity index (χ3v) is 3.69. The summed E-state index contributed by atoms with van der Waals surface area (Å²) in [5, 5.41) is 3.35. The quantitative estimate of drug-likeness (QED) is 0.838. The number of methoxy groups -OCH3 is 1. The van der Waals surface area contributed by atoms with Crippen molar-refractivity contribution in [1.82, 2.24) is 10.2 Å². The van der Waals surface area contributed by atoms with Crippen molar-refractivity contribution in [2.45, 2.75) is 19.4 Å². The van der Waals surface area contributed by atoms with Gasteiger partial charge in [0.05, 0.1) is 7.11 Å². The summed E-state index contributed by atoms with van der Waals surface area (Å²) >= 11 is 0. The summed E-state index contributed by atoms with van der Waals surface area (Å²) in [7, 11) is 1.49. The van der Waals surface area contributed by atoms with Gasteiger partial charge in [0, 0.05) is 32.2 Å². The summed E-state index contributed by atoms with van der Waals surface area (Å²) in [6, 6.07) is 5.44. The van der Waals surface area contributed by atoms with Crippen molar-refractivity contribution in [3.63, 3.8) is 0 Å². The van der Waals surface area contributed by atoms with E-state index in [1.54, 1.807) is 12.1 Å². The molecule has 0 aliphatic carbocycles. The highest BCUT2D eigenvalue weighted by Gasteiger charge is 2.23. The third-order valence-electron chi connectivity index (χ3n) is 3.69. The lowest BCUT2D eigenvalue weighted by molar-refractivity contribution is 0.172. The molecule has 1 heterocycles. The minimum absolute atomic E-state index is 0.190. The van der Waals surface area contributed by atoms with Crippen molar-refractivity contribution < 1.29 is 9.13 Å². The van der Waals surface area contributed by atoms with Gasteiger partial charge in [-0.05, 0) is 31.0 Å². The first kappa shape index (κ1) is 15.0. The Bertz CT molecular complexity index is 470. The fraction of sp³-hybridized carbons (Fsp3) is 0.500. The smallest absolute Gasteiger partial charge is 0.165 e. The Hall–Kier alpha value is -1.39. The Morgan fingerprint density at radius 1 is 1.45 bits per heavy atom. The standard InChI is InChI=1S/C16H23FN2O/c1-12(2)10-15(19-8-6-18-7-9-19)13-4-5-16(20-3)14(17)11-13/h4-5,11,15,18H,1,6-10H2,2-3H3/t15-/m1/s1. The molecule has 1 aromatic carbocycles. The monoisotopic (exact) mass is 278 g/mol. The van der Waals surface area contributed by atoms with E-state index in [2.05, 4.69) is 16.8 Å². The van der Waals surface area contributed by atoms with Crippen molar-refractivity contribution in [1.29, 1.82) is 0 Å². The van der Waals surface area contributed by atoms with Crippen molar-refractivity contribution in [3.8, 4) is 5.75 Å². The molecule has 0 aromatic heterocycles. The number of rotatable bonds is 5. The molecule has 0 bridgehead atoms. The number of nitrogens with one attached hydrogen (secondary N) is 1. The number of hydrogen-bond donors (Lipinski definition) is 1. The molecule has 1 atom stereocenters. The maximum Gasteiger partial charge on any atom is 0.165 e. The highest BCUT2D eigenvalue weighted by molar-refractivity contribution is 5.31. The highest BCUT2D eigenvalue weighted by Crippen LogP contribution is 2.30. The summed E-state index contributed by atoms with van der Waals surface area (Å²) in [6.45, 7) is 9.94. The second-order valence-electron chi connectivity index (χ2n) is 5.36. The van der Waals surface area contributed by atoms with Crippen LogP contribution in [0.25, 0.3) is 0 Å². The molecule has 1 fully saturated rings. The number of halogens is 1. The average Bonchev–Trinajstić information content (AvgIpc) is 2.45. The van der Waals surface area contributed by atoms with Crippen molar-refractivity contribution >= 4 is 0 Å². The van der Waals surface area contributed by atoms with Crippen LogP contribution in [0.2, 0.25) is 0 Å². The van der Waals surface area contributed by atoms with Gasteiger partial charge >= 0.3 is 0 Å². The second-order valence-corrected chi connectivity index (χ2v) is 5.36. The molecule has 0 amide bonds. The van der Waals surface area contributed by atoms with Gasteiger partial charge in [-0.15, -0.1) is 6.58 Å². The van der Waals surface area contributed by atoms with Gasteiger partial charge in [-0.1, -0.05) is 11.6 Å². The molecule has 0 saturated carbocycles. The van der Waals surface area contributed by atoms with E-state index in [0.717, 1.165) is 43.7 Å². The Morgan fingerprint density at radius 2 is 2.15 bits per heavy atom. The van der Waals surface area contributed by atoms with Crippen LogP contribution in [0.5, 0.6) is 5.75 Å². The van der Waals surface area contributed by atoms with Crippen LogP contribution in [0, 0.1) is 5.82 Å². The van der Waals surface area contributed by atoms with Crippen LogP contribution in [0.3, 0.4) is 0 Å². The molecule has 4 heteroatoms. The average molecular weight is 278 g/mol. The van der Waals surface area contributed by atoms with E-state index in [0.29, 0.717) is 5.75 Å². The van der Waals surface area contributed by atoms with Gasteiger partial charge < -0.3 is 10.1 Å². The molecule has 1 aromatic rings. The molecular formula is C16H23FN2O. The van der Waals surface area contributed by atoms with Gasteiger partial charge in [0.15, 0.2) is 11.6 Å². The van der Waals surface area contributed by atoms with Gasteiger partial charge in [0.1, 0.15) is 0 Å². The highest BCUT2D eigenvalue weighted by atomic mass is 19.1. The summed E-state index contributed by atoms with van der Waals surface area (Å²) in [5.41, 5.74) is 2.11. The lowest BCUT2D eigenvalue weighted by atomic mass is 9.97. The van der Waals surface area contributed by atoms with Crippen LogP contribution in [-0.4, -0.2) is 38.2 Å². The first-order valence-corrected chi connectivity index (χ1v) is 7.04. The topological polar surface area (TPSA) is 24.5 Å². The number of piperazine rings is 1. The van der Waals surface area contributed by atoms with E-state index < -0.39 is 0 Å². The van der Waals surface area contributed by atoms with E-state index >= 15 is 0 Å². The molecule has 3 nitrogen and oxygen atoms in total. The SMILES string of the molecule is C=C(C)C[C@H](c1ccc(OC)c(F)c1)N1CCNCC1. The minimum Gasteiger partial charge on any atom is -0.494 e. The van der Waals surface area contributed by atoms with Gasteiger partial charge in [0.25, 0.3) is 0 Å². The van der Waals surface area contributed by atoms with Gasteiger partial charge in [0.2, 0.25) is 0 Å². The Morgan fingerprint density at radius 3 is 2.70 bits per heavy atom. The van der Waals surface area contributed by atoms with Crippen LogP contribution in [0.15, 0.2) is 30.4 Å². The lowest BCUT2D eigenvalue weighted by Gasteiger charge is -2.35. The Labute approximate surface area is 120 Å². The van der Waals surface area contributed by atoms with Crippen molar-refractivity contribution in [2.75, 3.05) is 33.3 Å². The molecule has 2 rings (SSSR count). The zero-order chi connectivity index (χ0) is 14.5. The van der Waals surface area contributed by atoms with E-state index in [1.807, 2.05) is 13.0 Å². The summed E-state index contributed by atoms with van der Waals surface area (Å²) in [6.07, 6.45) is 0.853. The molecule has 1 saturated heterocycles. The minimum atomic E-state index is -0.299. The van der Waals surface area contributed by atoms with E-state index in [1.165, 1.54) is 7.11 Å². The van der Waals surface area contributed by atoms with Crippen LogP contribution in [0.1, 0.15) is 24.9 Å². The van der Waals surface area contributed by atoms with Crippen molar-refractivity contribution in [3.05, 3.63) is 41.7 Å². The molecule has 0 unspecified atom stereocenters. The van der Waals surface area contributed by atoms with Gasteiger partial charge in [-0.3, -0.25) is 4.90 Å². The molecule has 0 spiro atoms. The molecular weight excluding hydrogens is 255 g/mol. The zero-order valence-corrected chi connectivity index (χ0v) is 12.3. The van der Waals surface area contributed by atoms with E-state index in [-0.39, 0.29) is 11.9 Å². The maximum absolute atomic E-state index is 13.9. The Balaban J connectivity index is 2.25. The summed E-state index contributed by atoms with van der Waals surface area (Å²) < 4.78 is 18.9. The Kier molecular flexibility index (Phi) is 5.15. The van der Waals surface area contributed by atoms with Crippen molar-refractivity contribution in [2.24, 2.45) is 0 Å². The summed E-state index contributed by atoms with van der Waals surface area (Å²) in [4.78, 5) is 2.40. The molecule has 0 radical (unpaired) electrons. The number of benzene rings is 1. The fourth-order valence-electron chi connectivity index (χ4n) is 2.67. The normalized spacial score (nSPS) is 17.8. The van der Waals surface area contributed by atoms with E-state index in [4.69, 9.17) is 4.74 Å². The third kappa shape index (κ3) is 3.58. The number of nitrogens with zero attached hydrogens (tertiary/aromatic N) is 1. The molecule has 1 aliphatic heterocycles. The predicted molar refractivity (Wildman–Crippen MR) is 79.6 cm³/mol. The molecule has 1 aliphatic rings. The van der Waals surface area contributed by atoms with Gasteiger partial charge in [-0.25, -0.2) is 4.39 Å². The lowest BCUT2D eigenvalue weighted by Crippen LogP contribution is -2.45. The van der Waals surface area contributed by atoms with Gasteiger partial charge in [-0.2, -0.15) is 0 Å². The first-order chi connectivity index (χ1) is 9.61. The second kappa shape index (κ2) is 6.86. The van der Waals surface area contributed by atoms with Crippen LogP contribution < -0.4 is 10.1 Å². The summed E-state index contributed by atoms with van der Waals surface area (Å²) in [5.74, 6) is -0.00464. The molecule has 20 heavy (non-hydrogen) atoms. The molecule has 110 valence electrons. The van der Waals surface area contributed by atoms with Crippen LogP contribution in [0.4, 0.5) is 4.39 Å². The van der Waals surface area contributed by atoms with E-state index in [9.17, 15) is 4.39 Å².